The lowest BCUT2D eigenvalue weighted by Crippen LogP contribution is -2.18. The Balaban J connectivity index is 2.25. The minimum atomic E-state index is 0.357. The van der Waals surface area contributed by atoms with Crippen LogP contribution >= 0.6 is 12.6 Å². The van der Waals surface area contributed by atoms with Gasteiger partial charge in [-0.1, -0.05) is 67.3 Å². The average molecular weight is 311 g/mol. The number of hydrogen-bond acceptors (Lipinski definition) is 1. The Hall–Kier alpha value is -1.47. The fourth-order valence-corrected chi connectivity index (χ4v) is 3.50. The van der Waals surface area contributed by atoms with Gasteiger partial charge in [0.2, 0.25) is 0 Å². The molecule has 0 aromatic rings. The zero-order chi connectivity index (χ0) is 15.9. The minimum Gasteiger partial charge on any atom is -0.148 e. The largest absolute Gasteiger partial charge is 0.148 e. The van der Waals surface area contributed by atoms with Crippen molar-refractivity contribution in [1.82, 2.24) is 0 Å². The number of hydrogen-bond donors (Lipinski definition) is 1. The maximum atomic E-state index is 4.56. The third kappa shape index (κ3) is 4.04. The van der Waals surface area contributed by atoms with Gasteiger partial charge in [0.1, 0.15) is 0 Å². The third-order valence-electron chi connectivity index (χ3n) is 4.37. The van der Waals surface area contributed by atoms with Gasteiger partial charge < -0.3 is 0 Å². The van der Waals surface area contributed by atoms with Gasteiger partial charge in [-0.05, 0) is 48.7 Å². The predicted molar refractivity (Wildman–Crippen MR) is 102 cm³/mol. The van der Waals surface area contributed by atoms with Gasteiger partial charge in [0, 0.05) is 11.8 Å². The molecule has 0 amide bonds. The molecule has 2 aliphatic rings. The smallest absolute Gasteiger partial charge is 0.0116 e. The van der Waals surface area contributed by atoms with Gasteiger partial charge >= 0.3 is 0 Å². The molecule has 0 saturated heterocycles. The number of allylic oxidation sites excluding steroid dienone is 13. The molecule has 0 heterocycles. The first-order chi connectivity index (χ1) is 10.7. The molecule has 0 nitrogen and oxygen atoms in total. The molecule has 0 fully saturated rings. The van der Waals surface area contributed by atoms with Gasteiger partial charge in [-0.2, -0.15) is 0 Å². The van der Waals surface area contributed by atoms with Crippen LogP contribution in [0.15, 0.2) is 83.4 Å². The van der Waals surface area contributed by atoms with Gasteiger partial charge in [-0.25, -0.2) is 0 Å². The monoisotopic (exact) mass is 310 g/mol. The highest BCUT2D eigenvalue weighted by atomic mass is 32.1. The van der Waals surface area contributed by atoms with E-state index in [1.807, 2.05) is 0 Å². The van der Waals surface area contributed by atoms with Crippen LogP contribution in [0.4, 0.5) is 0 Å². The zero-order valence-corrected chi connectivity index (χ0v) is 14.5. The molecule has 0 N–H and O–H groups in total. The zero-order valence-electron chi connectivity index (χ0n) is 13.6. The second-order valence-corrected chi connectivity index (χ2v) is 6.48. The molecule has 0 aliphatic heterocycles. The van der Waals surface area contributed by atoms with E-state index in [4.69, 9.17) is 0 Å². The normalized spacial score (nSPS) is 28.2. The van der Waals surface area contributed by atoms with E-state index in [1.54, 1.807) is 0 Å². The van der Waals surface area contributed by atoms with Crippen LogP contribution in [0.3, 0.4) is 0 Å². The van der Waals surface area contributed by atoms with Crippen LogP contribution in [-0.2, 0) is 0 Å². The van der Waals surface area contributed by atoms with Crippen LogP contribution in [0.1, 0.15) is 26.7 Å². The highest BCUT2D eigenvalue weighted by Gasteiger charge is 2.26. The molecule has 0 aromatic heterocycles. The Morgan fingerprint density at radius 2 is 2.00 bits per heavy atom. The second-order valence-electron chi connectivity index (χ2n) is 5.91. The fourth-order valence-electron chi connectivity index (χ4n) is 3.20. The SMILES string of the molecule is C=C(C1=CC=C(S)CC1CC=CC)C1C=CC=CC1/C=C\C. The number of thiol groups is 1. The van der Waals surface area contributed by atoms with Gasteiger partial charge in [0.15, 0.2) is 0 Å². The number of rotatable bonds is 5. The Bertz CT molecular complexity index is 581. The van der Waals surface area contributed by atoms with Crippen molar-refractivity contribution < 1.29 is 0 Å². The van der Waals surface area contributed by atoms with Gasteiger partial charge in [0.05, 0.1) is 0 Å². The summed E-state index contributed by atoms with van der Waals surface area (Å²) >= 11 is 4.56. The van der Waals surface area contributed by atoms with Crippen molar-refractivity contribution in [3.05, 3.63) is 83.4 Å². The third-order valence-corrected chi connectivity index (χ3v) is 4.70. The standard InChI is InChI=1S/C21H26S/c1-4-6-10-18-15-19(22)13-14-21(18)16(3)20-12-8-7-11-17(20)9-5-2/h4-9,11-14,17-18,20,22H,3,10,15H2,1-2H3/b6-4?,9-5-. The highest BCUT2D eigenvalue weighted by molar-refractivity contribution is 7.84. The van der Waals surface area contributed by atoms with E-state index in [0.717, 1.165) is 17.7 Å². The van der Waals surface area contributed by atoms with E-state index >= 15 is 0 Å². The summed E-state index contributed by atoms with van der Waals surface area (Å²) in [6.07, 6.45) is 24.0. The van der Waals surface area contributed by atoms with E-state index in [0.29, 0.717) is 17.8 Å². The summed E-state index contributed by atoms with van der Waals surface area (Å²) in [5.74, 6) is 1.26. The van der Waals surface area contributed by atoms with Crippen LogP contribution < -0.4 is 0 Å². The molecular formula is C21H26S. The Labute approximate surface area is 140 Å². The van der Waals surface area contributed by atoms with Gasteiger partial charge in [-0.3, -0.25) is 0 Å². The predicted octanol–water partition coefficient (Wildman–Crippen LogP) is 6.20. The molecular weight excluding hydrogens is 284 g/mol. The van der Waals surface area contributed by atoms with E-state index < -0.39 is 0 Å². The lowest BCUT2D eigenvalue weighted by Gasteiger charge is -2.30. The molecule has 2 aliphatic carbocycles. The van der Waals surface area contributed by atoms with Crippen LogP contribution in [0, 0.1) is 17.8 Å². The lowest BCUT2D eigenvalue weighted by molar-refractivity contribution is 0.576. The molecule has 3 atom stereocenters. The molecule has 116 valence electrons. The first-order valence-electron chi connectivity index (χ1n) is 8.05. The van der Waals surface area contributed by atoms with E-state index in [1.165, 1.54) is 11.1 Å². The lowest BCUT2D eigenvalue weighted by atomic mass is 9.74. The van der Waals surface area contributed by atoms with E-state index in [-0.39, 0.29) is 0 Å². The van der Waals surface area contributed by atoms with Gasteiger partial charge in [-0.15, -0.1) is 12.6 Å². The van der Waals surface area contributed by atoms with Crippen molar-refractivity contribution in [2.75, 3.05) is 0 Å². The van der Waals surface area contributed by atoms with Crippen molar-refractivity contribution in [3.63, 3.8) is 0 Å². The minimum absolute atomic E-state index is 0.357. The second kappa shape index (κ2) is 8.24. The van der Waals surface area contributed by atoms with Crippen molar-refractivity contribution in [2.45, 2.75) is 26.7 Å². The molecule has 0 radical (unpaired) electrons. The quantitative estimate of drug-likeness (QED) is 0.453. The molecule has 0 bridgehead atoms. The van der Waals surface area contributed by atoms with Crippen LogP contribution in [0.25, 0.3) is 0 Å². The molecule has 0 aromatic carbocycles. The highest BCUT2D eigenvalue weighted by Crippen LogP contribution is 2.39. The molecule has 22 heavy (non-hydrogen) atoms. The molecule has 1 heteroatoms. The molecule has 2 rings (SSSR count). The van der Waals surface area contributed by atoms with Crippen molar-refractivity contribution in [1.29, 1.82) is 0 Å². The van der Waals surface area contributed by atoms with Crippen LogP contribution in [-0.4, -0.2) is 0 Å². The fraction of sp³-hybridized carbons (Fsp3) is 0.333. The van der Waals surface area contributed by atoms with Crippen molar-refractivity contribution in [2.24, 2.45) is 17.8 Å². The average Bonchev–Trinajstić information content (AvgIpc) is 2.53. The first-order valence-corrected chi connectivity index (χ1v) is 8.50. The summed E-state index contributed by atoms with van der Waals surface area (Å²) < 4.78 is 0. The Kier molecular flexibility index (Phi) is 6.33. The molecule has 0 saturated carbocycles. The topological polar surface area (TPSA) is 0 Å². The maximum Gasteiger partial charge on any atom is 0.0116 e. The summed E-state index contributed by atoms with van der Waals surface area (Å²) in [5, 5.41) is 0. The van der Waals surface area contributed by atoms with E-state index in [2.05, 4.69) is 93.8 Å². The van der Waals surface area contributed by atoms with Crippen molar-refractivity contribution >= 4 is 12.6 Å². The summed E-state index contributed by atoms with van der Waals surface area (Å²) in [5.41, 5.74) is 2.63. The molecule has 0 spiro atoms. The Morgan fingerprint density at radius 1 is 1.23 bits per heavy atom. The molecule has 3 unspecified atom stereocenters. The van der Waals surface area contributed by atoms with Gasteiger partial charge in [0.25, 0.3) is 0 Å². The van der Waals surface area contributed by atoms with E-state index in [9.17, 15) is 0 Å². The Morgan fingerprint density at radius 3 is 2.73 bits per heavy atom. The van der Waals surface area contributed by atoms with Crippen molar-refractivity contribution in [3.8, 4) is 0 Å². The summed E-state index contributed by atoms with van der Waals surface area (Å²) in [7, 11) is 0. The van der Waals surface area contributed by atoms with Crippen LogP contribution in [0.2, 0.25) is 0 Å². The summed E-state index contributed by atoms with van der Waals surface area (Å²) in [6.45, 7) is 8.61. The first kappa shape index (κ1) is 16.9. The summed E-state index contributed by atoms with van der Waals surface area (Å²) in [6, 6.07) is 0. The summed E-state index contributed by atoms with van der Waals surface area (Å²) in [4.78, 5) is 1.16. The van der Waals surface area contributed by atoms with Crippen LogP contribution in [0.5, 0.6) is 0 Å². The maximum absolute atomic E-state index is 4.56.